The molecule has 0 atom stereocenters. The molecule has 1 saturated heterocycles. The van der Waals surface area contributed by atoms with E-state index in [0.717, 1.165) is 0 Å². The molecule has 0 saturated carbocycles. The standard InChI is InChI=1S/C9H18N2O2/c1-7(2)4-13-8(12)11-5-9(3,10)6-11/h7H,4-6,10H2,1-3H3. The Balaban J connectivity index is 2.20. The van der Waals surface area contributed by atoms with Crippen molar-refractivity contribution in [3.05, 3.63) is 0 Å². The molecule has 4 nitrogen and oxygen atoms in total. The fraction of sp³-hybridized carbons (Fsp3) is 0.889. The zero-order chi connectivity index (χ0) is 10.1. The van der Waals surface area contributed by atoms with Gasteiger partial charge < -0.3 is 15.4 Å². The molecule has 0 aromatic heterocycles. The van der Waals surface area contributed by atoms with Crippen molar-refractivity contribution >= 4 is 6.09 Å². The van der Waals surface area contributed by atoms with Crippen LogP contribution in [0.4, 0.5) is 4.79 Å². The molecule has 0 bridgehead atoms. The first-order valence-electron chi connectivity index (χ1n) is 4.61. The van der Waals surface area contributed by atoms with Gasteiger partial charge in [0.25, 0.3) is 0 Å². The Morgan fingerprint density at radius 2 is 2.15 bits per heavy atom. The smallest absolute Gasteiger partial charge is 0.409 e. The van der Waals surface area contributed by atoms with Crippen molar-refractivity contribution in [1.29, 1.82) is 0 Å². The maximum Gasteiger partial charge on any atom is 0.409 e. The van der Waals surface area contributed by atoms with Crippen molar-refractivity contribution in [1.82, 2.24) is 4.90 Å². The molecule has 2 N–H and O–H groups in total. The molecule has 76 valence electrons. The Morgan fingerprint density at radius 3 is 2.54 bits per heavy atom. The lowest BCUT2D eigenvalue weighted by molar-refractivity contribution is 0.0409. The third-order valence-electron chi connectivity index (χ3n) is 1.90. The lowest BCUT2D eigenvalue weighted by Gasteiger charge is -2.44. The predicted octanol–water partition coefficient (Wildman–Crippen LogP) is 0.812. The van der Waals surface area contributed by atoms with Gasteiger partial charge in [-0.1, -0.05) is 13.8 Å². The van der Waals surface area contributed by atoms with Crippen molar-refractivity contribution in [2.24, 2.45) is 11.7 Å². The number of nitrogens with zero attached hydrogens (tertiary/aromatic N) is 1. The maximum absolute atomic E-state index is 11.3. The van der Waals surface area contributed by atoms with Gasteiger partial charge in [0, 0.05) is 18.6 Å². The third-order valence-corrected chi connectivity index (χ3v) is 1.90. The summed E-state index contributed by atoms with van der Waals surface area (Å²) in [5.74, 6) is 0.384. The number of nitrogens with two attached hydrogens (primary N) is 1. The third kappa shape index (κ3) is 2.88. The van der Waals surface area contributed by atoms with Gasteiger partial charge >= 0.3 is 6.09 Å². The van der Waals surface area contributed by atoms with E-state index in [9.17, 15) is 4.79 Å². The highest BCUT2D eigenvalue weighted by molar-refractivity contribution is 5.69. The molecule has 1 amide bonds. The number of likely N-dealkylation sites (tertiary alicyclic amines) is 1. The molecule has 1 rings (SSSR count). The van der Waals surface area contributed by atoms with Gasteiger partial charge in [-0.2, -0.15) is 0 Å². The summed E-state index contributed by atoms with van der Waals surface area (Å²) >= 11 is 0. The highest BCUT2D eigenvalue weighted by atomic mass is 16.6. The summed E-state index contributed by atoms with van der Waals surface area (Å²) in [5.41, 5.74) is 5.54. The minimum atomic E-state index is -0.239. The molecule has 0 aliphatic carbocycles. The number of ether oxygens (including phenoxy) is 1. The van der Waals surface area contributed by atoms with Crippen LogP contribution in [-0.2, 0) is 4.74 Å². The van der Waals surface area contributed by atoms with Crippen molar-refractivity contribution in [2.75, 3.05) is 19.7 Å². The lowest BCUT2D eigenvalue weighted by Crippen LogP contribution is -2.66. The Kier molecular flexibility index (Phi) is 2.81. The normalized spacial score (nSPS) is 19.9. The van der Waals surface area contributed by atoms with Crippen LogP contribution in [0.3, 0.4) is 0 Å². The van der Waals surface area contributed by atoms with E-state index in [1.807, 2.05) is 20.8 Å². The molecule has 1 aliphatic heterocycles. The molecule has 0 aromatic rings. The van der Waals surface area contributed by atoms with Crippen molar-refractivity contribution in [3.8, 4) is 0 Å². The first kappa shape index (κ1) is 10.3. The topological polar surface area (TPSA) is 55.6 Å². The van der Waals surface area contributed by atoms with Crippen LogP contribution in [0.1, 0.15) is 20.8 Å². The summed E-state index contributed by atoms with van der Waals surface area (Å²) < 4.78 is 5.03. The van der Waals surface area contributed by atoms with Gasteiger partial charge in [0.15, 0.2) is 0 Å². The fourth-order valence-corrected chi connectivity index (χ4v) is 1.28. The van der Waals surface area contributed by atoms with Gasteiger partial charge in [-0.05, 0) is 12.8 Å². The van der Waals surface area contributed by atoms with Gasteiger partial charge in [-0.25, -0.2) is 4.79 Å². The molecular weight excluding hydrogens is 168 g/mol. The van der Waals surface area contributed by atoms with Crippen LogP contribution in [-0.4, -0.2) is 36.2 Å². The molecule has 1 fully saturated rings. The Bertz CT molecular complexity index is 194. The molecule has 0 unspecified atom stereocenters. The second-order valence-corrected chi connectivity index (χ2v) is 4.48. The van der Waals surface area contributed by atoms with Crippen molar-refractivity contribution < 1.29 is 9.53 Å². The maximum atomic E-state index is 11.3. The van der Waals surface area contributed by atoms with E-state index in [4.69, 9.17) is 10.5 Å². The molecule has 0 radical (unpaired) electrons. The van der Waals surface area contributed by atoms with Crippen LogP contribution in [0.25, 0.3) is 0 Å². The van der Waals surface area contributed by atoms with Gasteiger partial charge in [0.1, 0.15) is 0 Å². The fourth-order valence-electron chi connectivity index (χ4n) is 1.28. The highest BCUT2D eigenvalue weighted by Crippen LogP contribution is 2.17. The van der Waals surface area contributed by atoms with Gasteiger partial charge in [-0.3, -0.25) is 0 Å². The number of carbonyl (C=O) groups is 1. The van der Waals surface area contributed by atoms with Crippen molar-refractivity contribution in [2.45, 2.75) is 26.3 Å². The number of rotatable bonds is 2. The Morgan fingerprint density at radius 1 is 1.62 bits per heavy atom. The zero-order valence-corrected chi connectivity index (χ0v) is 8.54. The van der Waals surface area contributed by atoms with Gasteiger partial charge in [0.2, 0.25) is 0 Å². The highest BCUT2D eigenvalue weighted by Gasteiger charge is 2.38. The van der Waals surface area contributed by atoms with E-state index in [-0.39, 0.29) is 11.6 Å². The minimum Gasteiger partial charge on any atom is -0.449 e. The summed E-state index contributed by atoms with van der Waals surface area (Å²) in [6, 6.07) is 0. The second kappa shape index (κ2) is 3.54. The molecule has 4 heteroatoms. The van der Waals surface area contributed by atoms with Crippen LogP contribution in [0.15, 0.2) is 0 Å². The van der Waals surface area contributed by atoms with E-state index in [1.165, 1.54) is 0 Å². The Labute approximate surface area is 79.0 Å². The van der Waals surface area contributed by atoms with E-state index in [1.54, 1.807) is 4.90 Å². The number of hydrogen-bond donors (Lipinski definition) is 1. The number of carbonyl (C=O) groups excluding carboxylic acids is 1. The van der Waals surface area contributed by atoms with Crippen LogP contribution in [0, 0.1) is 5.92 Å². The predicted molar refractivity (Wildman–Crippen MR) is 50.4 cm³/mol. The minimum absolute atomic E-state index is 0.211. The van der Waals surface area contributed by atoms with Crippen LogP contribution in [0.5, 0.6) is 0 Å². The van der Waals surface area contributed by atoms with E-state index >= 15 is 0 Å². The summed E-state index contributed by atoms with van der Waals surface area (Å²) in [6.45, 7) is 7.64. The monoisotopic (exact) mass is 186 g/mol. The van der Waals surface area contributed by atoms with E-state index in [0.29, 0.717) is 25.6 Å². The van der Waals surface area contributed by atoms with Crippen LogP contribution < -0.4 is 5.73 Å². The Hall–Kier alpha value is -0.770. The molecule has 1 aliphatic rings. The zero-order valence-electron chi connectivity index (χ0n) is 8.54. The average molecular weight is 186 g/mol. The number of hydrogen-bond acceptors (Lipinski definition) is 3. The van der Waals surface area contributed by atoms with E-state index < -0.39 is 0 Å². The summed E-state index contributed by atoms with van der Waals surface area (Å²) in [5, 5.41) is 0. The summed E-state index contributed by atoms with van der Waals surface area (Å²) in [4.78, 5) is 12.9. The largest absolute Gasteiger partial charge is 0.449 e. The van der Waals surface area contributed by atoms with E-state index in [2.05, 4.69) is 0 Å². The first-order valence-corrected chi connectivity index (χ1v) is 4.61. The van der Waals surface area contributed by atoms with Crippen LogP contribution >= 0.6 is 0 Å². The molecule has 0 aromatic carbocycles. The van der Waals surface area contributed by atoms with Gasteiger partial charge in [-0.15, -0.1) is 0 Å². The van der Waals surface area contributed by atoms with Crippen molar-refractivity contribution in [3.63, 3.8) is 0 Å². The molecule has 1 heterocycles. The molecular formula is C9H18N2O2. The van der Waals surface area contributed by atoms with Crippen LogP contribution in [0.2, 0.25) is 0 Å². The second-order valence-electron chi connectivity index (χ2n) is 4.48. The quantitative estimate of drug-likeness (QED) is 0.694. The lowest BCUT2D eigenvalue weighted by atomic mass is 9.95. The SMILES string of the molecule is CC(C)COC(=O)N1CC(C)(N)C1. The summed E-state index contributed by atoms with van der Waals surface area (Å²) in [7, 11) is 0. The first-order chi connectivity index (χ1) is 5.91. The average Bonchev–Trinajstić information content (AvgIpc) is 1.95. The molecule has 0 spiro atoms. The number of amides is 1. The van der Waals surface area contributed by atoms with Gasteiger partial charge in [0.05, 0.1) is 6.61 Å². The molecule has 13 heavy (non-hydrogen) atoms. The summed E-state index contributed by atoms with van der Waals surface area (Å²) in [6.07, 6.45) is -0.239.